The number of benzene rings is 1. The van der Waals surface area contributed by atoms with Crippen molar-refractivity contribution in [3.8, 4) is 11.3 Å². The third kappa shape index (κ3) is 5.95. The van der Waals surface area contributed by atoms with Crippen LogP contribution in [0.2, 0.25) is 0 Å². The van der Waals surface area contributed by atoms with Gasteiger partial charge in [0.15, 0.2) is 0 Å². The fourth-order valence-electron chi connectivity index (χ4n) is 5.22. The van der Waals surface area contributed by atoms with Crippen LogP contribution in [-0.2, 0) is 11.2 Å². The van der Waals surface area contributed by atoms with Crippen LogP contribution in [0.25, 0.3) is 11.3 Å². The number of pyridine rings is 2. The Bertz CT molecular complexity index is 1310. The molecule has 2 amide bonds. The van der Waals surface area contributed by atoms with Crippen LogP contribution in [0.4, 0.5) is 10.6 Å². The largest absolute Gasteiger partial charge is 0.372 e. The lowest BCUT2D eigenvalue weighted by Crippen LogP contribution is -2.34. The Kier molecular flexibility index (Phi) is 7.58. The maximum Gasteiger partial charge on any atom is 0.324 e. The number of rotatable bonds is 8. The van der Waals surface area contributed by atoms with Crippen LogP contribution in [0.15, 0.2) is 67.0 Å². The van der Waals surface area contributed by atoms with Crippen molar-refractivity contribution in [2.45, 2.75) is 50.5 Å². The van der Waals surface area contributed by atoms with E-state index in [0.29, 0.717) is 17.4 Å². The van der Waals surface area contributed by atoms with E-state index in [1.54, 1.807) is 7.11 Å². The number of likely N-dealkylation sites (tertiary alicyclic amines) is 1. The summed E-state index contributed by atoms with van der Waals surface area (Å²) in [4.78, 5) is 24.0. The van der Waals surface area contributed by atoms with Crippen LogP contribution in [0, 0.1) is 6.92 Å². The summed E-state index contributed by atoms with van der Waals surface area (Å²) < 4.78 is 5.46. The quantitative estimate of drug-likeness (QED) is 0.408. The molecule has 1 saturated heterocycles. The van der Waals surface area contributed by atoms with Crippen molar-refractivity contribution >= 4 is 11.8 Å². The van der Waals surface area contributed by atoms with Gasteiger partial charge in [0.25, 0.3) is 0 Å². The van der Waals surface area contributed by atoms with E-state index < -0.39 is 5.60 Å². The number of carbonyl (C=O) groups excluding carboxylic acids is 1. The van der Waals surface area contributed by atoms with Crippen molar-refractivity contribution in [2.75, 3.05) is 32.6 Å². The first-order chi connectivity index (χ1) is 18.3. The molecule has 0 bridgehead atoms. The minimum atomic E-state index is -0.414. The summed E-state index contributed by atoms with van der Waals surface area (Å²) in [5.74, 6) is 1.15. The van der Waals surface area contributed by atoms with E-state index in [2.05, 4.69) is 69.5 Å². The zero-order chi connectivity index (χ0) is 26.7. The third-order valence-electron chi connectivity index (χ3n) is 7.96. The Morgan fingerprint density at radius 3 is 2.53 bits per heavy atom. The summed E-state index contributed by atoms with van der Waals surface area (Å²) in [6.45, 7) is 8.25. The maximum atomic E-state index is 12.4. The fourth-order valence-corrected chi connectivity index (χ4v) is 5.22. The topological polar surface area (TPSA) is 79.4 Å². The first kappa shape index (κ1) is 26.1. The number of carbonyl (C=O) groups is 1. The SMILES string of the molecule is C=C(NC(=O)Nc1ccc(Cc2ccnc(-c3ccc(C4CCN(C)CC4)cc3)c2)c(C)n1)C1(OC)CC1. The van der Waals surface area contributed by atoms with Crippen LogP contribution in [0.3, 0.4) is 0 Å². The molecule has 0 unspecified atom stereocenters. The molecule has 3 heterocycles. The van der Waals surface area contributed by atoms with Crippen LogP contribution in [0.5, 0.6) is 0 Å². The highest BCUT2D eigenvalue weighted by molar-refractivity contribution is 5.89. The molecule has 1 saturated carbocycles. The number of urea groups is 1. The van der Waals surface area contributed by atoms with E-state index in [0.717, 1.165) is 41.8 Å². The molecule has 1 aliphatic carbocycles. The lowest BCUT2D eigenvalue weighted by molar-refractivity contribution is 0.106. The van der Waals surface area contributed by atoms with Crippen molar-refractivity contribution in [2.24, 2.45) is 0 Å². The number of nitrogens with zero attached hydrogens (tertiary/aromatic N) is 3. The van der Waals surface area contributed by atoms with Crippen molar-refractivity contribution in [1.29, 1.82) is 0 Å². The van der Waals surface area contributed by atoms with E-state index in [1.165, 1.54) is 37.1 Å². The predicted molar refractivity (Wildman–Crippen MR) is 151 cm³/mol. The maximum absolute atomic E-state index is 12.4. The molecule has 2 fully saturated rings. The minimum absolute atomic E-state index is 0.362. The number of aromatic nitrogens is 2. The van der Waals surface area contributed by atoms with E-state index in [1.807, 2.05) is 31.3 Å². The Hall–Kier alpha value is -3.55. The molecule has 7 heteroatoms. The van der Waals surface area contributed by atoms with Crippen LogP contribution < -0.4 is 10.6 Å². The zero-order valence-corrected chi connectivity index (χ0v) is 22.6. The van der Waals surface area contributed by atoms with Crippen LogP contribution >= 0.6 is 0 Å². The van der Waals surface area contributed by atoms with Gasteiger partial charge in [-0.1, -0.05) is 36.9 Å². The summed E-state index contributed by atoms with van der Waals surface area (Å²) in [6.07, 6.45) is 6.80. The van der Waals surface area contributed by atoms with E-state index in [9.17, 15) is 4.79 Å². The molecule has 0 radical (unpaired) electrons. The van der Waals surface area contributed by atoms with Crippen LogP contribution in [-0.4, -0.2) is 53.7 Å². The van der Waals surface area contributed by atoms with Crippen LogP contribution in [0.1, 0.15) is 54.0 Å². The molecule has 0 spiro atoms. The number of hydrogen-bond acceptors (Lipinski definition) is 5. The van der Waals surface area contributed by atoms with Gasteiger partial charge in [0.05, 0.1) is 5.69 Å². The average molecular weight is 512 g/mol. The second-order valence-corrected chi connectivity index (χ2v) is 10.6. The number of piperidine rings is 1. The molecule has 2 N–H and O–H groups in total. The van der Waals surface area contributed by atoms with Gasteiger partial charge in [-0.05, 0) is 100.0 Å². The standard InChI is InChI=1S/C31H37N5O2/c1-21-27(9-10-29(33-21)35-30(37)34-22(2)31(38-4)14-15-31)19-23-11-16-32-28(20-23)26-7-5-24(6-8-26)25-12-17-36(3)18-13-25/h5-11,16,20,25H,2,12-15,17-19H2,1,3-4H3,(H2,33,34,35,37). The Morgan fingerprint density at radius 2 is 1.87 bits per heavy atom. The number of aryl methyl sites for hydroxylation is 1. The van der Waals surface area contributed by atoms with Gasteiger partial charge in [0.1, 0.15) is 11.4 Å². The van der Waals surface area contributed by atoms with Gasteiger partial charge in [-0.15, -0.1) is 0 Å². The second kappa shape index (κ2) is 11.1. The van der Waals surface area contributed by atoms with Crippen molar-refractivity contribution in [3.05, 3.63) is 89.4 Å². The summed E-state index contributed by atoms with van der Waals surface area (Å²) >= 11 is 0. The van der Waals surface area contributed by atoms with Gasteiger partial charge in [-0.2, -0.15) is 0 Å². The monoisotopic (exact) mass is 511 g/mol. The molecule has 2 aromatic heterocycles. The lowest BCUT2D eigenvalue weighted by Gasteiger charge is -2.29. The number of methoxy groups -OCH3 is 1. The third-order valence-corrected chi connectivity index (χ3v) is 7.96. The Labute approximate surface area is 225 Å². The van der Waals surface area contributed by atoms with E-state index in [-0.39, 0.29) is 6.03 Å². The number of ether oxygens (including phenoxy) is 1. The smallest absolute Gasteiger partial charge is 0.324 e. The highest BCUT2D eigenvalue weighted by Gasteiger charge is 2.46. The van der Waals surface area contributed by atoms with Gasteiger partial charge in [0, 0.05) is 30.3 Å². The van der Waals surface area contributed by atoms with Crippen molar-refractivity contribution in [1.82, 2.24) is 20.2 Å². The van der Waals surface area contributed by atoms with E-state index >= 15 is 0 Å². The second-order valence-electron chi connectivity index (χ2n) is 10.6. The summed E-state index contributed by atoms with van der Waals surface area (Å²) in [7, 11) is 3.84. The summed E-state index contributed by atoms with van der Waals surface area (Å²) in [6, 6.07) is 16.6. The molecule has 0 atom stereocenters. The molecular formula is C31H37N5O2. The van der Waals surface area contributed by atoms with Gasteiger partial charge in [-0.3, -0.25) is 10.3 Å². The first-order valence-corrected chi connectivity index (χ1v) is 13.4. The summed E-state index contributed by atoms with van der Waals surface area (Å²) in [5.41, 5.74) is 6.85. The molecule has 1 aliphatic heterocycles. The molecule has 2 aliphatic rings. The lowest BCUT2D eigenvalue weighted by atomic mass is 9.89. The van der Waals surface area contributed by atoms with Gasteiger partial charge >= 0.3 is 6.03 Å². The molecule has 7 nitrogen and oxygen atoms in total. The first-order valence-electron chi connectivity index (χ1n) is 13.4. The zero-order valence-electron chi connectivity index (χ0n) is 22.6. The molecule has 5 rings (SSSR count). The minimum Gasteiger partial charge on any atom is -0.372 e. The molecule has 1 aromatic carbocycles. The fraction of sp³-hybridized carbons (Fsp3) is 0.387. The molecular weight excluding hydrogens is 474 g/mol. The van der Waals surface area contributed by atoms with Crippen molar-refractivity contribution < 1.29 is 9.53 Å². The molecule has 198 valence electrons. The number of amides is 2. The number of hydrogen-bond donors (Lipinski definition) is 2. The normalized spacial score (nSPS) is 17.1. The van der Waals surface area contributed by atoms with Crippen molar-refractivity contribution in [3.63, 3.8) is 0 Å². The number of anilines is 1. The van der Waals surface area contributed by atoms with Gasteiger partial charge in [-0.25, -0.2) is 9.78 Å². The molecule has 38 heavy (non-hydrogen) atoms. The average Bonchev–Trinajstić information content (AvgIpc) is 3.73. The van der Waals surface area contributed by atoms with Gasteiger partial charge < -0.3 is 15.0 Å². The van der Waals surface area contributed by atoms with Gasteiger partial charge in [0.2, 0.25) is 0 Å². The summed E-state index contributed by atoms with van der Waals surface area (Å²) in [5, 5.41) is 5.58. The predicted octanol–water partition coefficient (Wildman–Crippen LogP) is 5.67. The Balaban J connectivity index is 1.21. The highest BCUT2D eigenvalue weighted by atomic mass is 16.5. The highest BCUT2D eigenvalue weighted by Crippen LogP contribution is 2.43. The number of nitrogens with one attached hydrogen (secondary N) is 2. The van der Waals surface area contributed by atoms with E-state index in [4.69, 9.17) is 4.74 Å². The molecule has 3 aromatic rings. The Morgan fingerprint density at radius 1 is 1.13 bits per heavy atom.